The van der Waals surface area contributed by atoms with E-state index in [-0.39, 0.29) is 25.7 Å². The van der Waals surface area contributed by atoms with Crippen LogP contribution < -0.4 is 5.32 Å². The second-order valence-electron chi connectivity index (χ2n) is 5.83. The molecule has 0 aliphatic rings. The van der Waals surface area contributed by atoms with Crippen LogP contribution in [0.4, 0.5) is 5.69 Å². The summed E-state index contributed by atoms with van der Waals surface area (Å²) in [5.41, 5.74) is -0.202. The Morgan fingerprint density at radius 1 is 1.12 bits per heavy atom. The van der Waals surface area contributed by atoms with E-state index in [9.17, 15) is 17.8 Å². The van der Waals surface area contributed by atoms with Crippen LogP contribution in [0.25, 0.3) is 10.8 Å². The zero-order chi connectivity index (χ0) is 16.5. The molecular weight excluding hydrogens is 326 g/mol. The Morgan fingerprint density at radius 2 is 1.67 bits per heavy atom. The van der Waals surface area contributed by atoms with Gasteiger partial charge in [-0.25, -0.2) is 0 Å². The first-order valence-electron chi connectivity index (χ1n) is 6.97. The molecule has 0 fully saturated rings. The highest BCUT2D eigenvalue weighted by molar-refractivity contribution is 7.86. The summed E-state index contributed by atoms with van der Waals surface area (Å²) < 4.78 is 32.6. The Bertz CT molecular complexity index is 821. The Morgan fingerprint density at radius 3 is 2.17 bits per heavy atom. The molecule has 2 N–H and O–H groups in total. The maximum Gasteiger partial charge on any atom is 0.295 e. The molecule has 0 saturated carbocycles. The number of amides is 1. The van der Waals surface area contributed by atoms with Crippen LogP contribution in [0.1, 0.15) is 42.0 Å². The number of nitrogens with one attached hydrogen (secondary N) is 1. The Hall–Kier alpha value is -1.92. The summed E-state index contributed by atoms with van der Waals surface area (Å²) >= 11 is 0. The second-order valence-corrected chi connectivity index (χ2v) is 7.22. The van der Waals surface area contributed by atoms with Gasteiger partial charge in [0.25, 0.3) is 10.1 Å². The third-order valence-corrected chi connectivity index (χ3v) is 4.79. The molecule has 1 amide bonds. The fourth-order valence-corrected chi connectivity index (χ4v) is 2.81. The van der Waals surface area contributed by atoms with E-state index < -0.39 is 15.5 Å². The minimum Gasteiger partial charge on any atom is -0.325 e. The number of rotatable bonds is 4. The minimum atomic E-state index is -4.38. The van der Waals surface area contributed by atoms with Gasteiger partial charge in [-0.15, -0.1) is 0 Å². The van der Waals surface area contributed by atoms with Gasteiger partial charge in [0.15, 0.2) is 0 Å². The maximum absolute atomic E-state index is 12.3. The third kappa shape index (κ3) is 4.33. The molecule has 0 saturated heterocycles. The summed E-state index contributed by atoms with van der Waals surface area (Å²) in [6, 6.07) is 9.67. The monoisotopic (exact) mass is 353 g/mol. The predicted molar refractivity (Wildman–Crippen MR) is 99.9 cm³/mol. The van der Waals surface area contributed by atoms with Crippen molar-refractivity contribution in [2.24, 2.45) is 5.41 Å². The molecule has 0 radical (unpaired) electrons. The molecule has 0 unspecified atom stereocenters. The number of hydrogen-bond acceptors (Lipinski definition) is 3. The lowest BCUT2D eigenvalue weighted by atomic mass is 9.89. The van der Waals surface area contributed by atoms with Gasteiger partial charge in [0.2, 0.25) is 5.91 Å². The SMILES string of the molecule is C.C.CCC(C)(C)C(=O)Nc1cccc2cccc(S(=O)(=O)O)c12. The van der Waals surface area contributed by atoms with Gasteiger partial charge in [-0.3, -0.25) is 9.35 Å². The predicted octanol–water partition coefficient (Wildman–Crippen LogP) is 4.73. The molecule has 0 bridgehead atoms. The molecule has 2 rings (SSSR count). The van der Waals surface area contributed by atoms with Gasteiger partial charge < -0.3 is 5.32 Å². The summed E-state index contributed by atoms with van der Waals surface area (Å²) in [6.45, 7) is 5.54. The number of fused-ring (bicyclic) bond motifs is 1. The number of hydrogen-bond donors (Lipinski definition) is 2. The van der Waals surface area contributed by atoms with Crippen molar-refractivity contribution in [2.75, 3.05) is 5.32 Å². The van der Waals surface area contributed by atoms with Crippen LogP contribution in [0.3, 0.4) is 0 Å². The lowest BCUT2D eigenvalue weighted by Crippen LogP contribution is -2.30. The summed E-state index contributed by atoms with van der Waals surface area (Å²) in [7, 11) is -4.38. The molecule has 5 nitrogen and oxygen atoms in total. The van der Waals surface area contributed by atoms with E-state index in [1.54, 1.807) is 30.3 Å². The number of carbonyl (C=O) groups is 1. The normalized spacial score (nSPS) is 11.3. The first-order chi connectivity index (χ1) is 10.2. The second kappa shape index (κ2) is 7.77. The van der Waals surface area contributed by atoms with E-state index >= 15 is 0 Å². The lowest BCUT2D eigenvalue weighted by Gasteiger charge is -2.22. The van der Waals surface area contributed by atoms with E-state index in [0.29, 0.717) is 22.9 Å². The van der Waals surface area contributed by atoms with Gasteiger partial charge in [0, 0.05) is 16.5 Å². The Labute approximate surface area is 144 Å². The van der Waals surface area contributed by atoms with Crippen molar-refractivity contribution in [3.8, 4) is 0 Å². The summed E-state index contributed by atoms with van der Waals surface area (Å²) in [6.07, 6.45) is 0.648. The molecule has 0 aliphatic carbocycles. The van der Waals surface area contributed by atoms with Crippen molar-refractivity contribution in [2.45, 2.75) is 46.9 Å². The number of anilines is 1. The molecule has 0 aromatic heterocycles. The largest absolute Gasteiger partial charge is 0.325 e. The molecule has 2 aromatic rings. The summed E-state index contributed by atoms with van der Waals surface area (Å²) in [5, 5.41) is 3.71. The highest BCUT2D eigenvalue weighted by Crippen LogP contribution is 2.31. The fraction of sp³-hybridized carbons (Fsp3) is 0.389. The van der Waals surface area contributed by atoms with Crippen LogP contribution in [-0.4, -0.2) is 18.9 Å². The van der Waals surface area contributed by atoms with Gasteiger partial charge in [0.05, 0.1) is 0 Å². The topological polar surface area (TPSA) is 83.5 Å². The van der Waals surface area contributed by atoms with Crippen LogP contribution in [-0.2, 0) is 14.9 Å². The smallest absolute Gasteiger partial charge is 0.295 e. The molecule has 6 heteroatoms. The molecule has 24 heavy (non-hydrogen) atoms. The standard InChI is InChI=1S/C16H19NO4S.2CH4/c1-4-16(2,3)15(18)17-12-9-5-7-11-8-6-10-13(14(11)12)22(19,20)21;;/h5-10H,4H2,1-3H3,(H,17,18)(H,19,20,21);2*1H4. The van der Waals surface area contributed by atoms with Crippen LogP contribution in [0.15, 0.2) is 41.3 Å². The van der Waals surface area contributed by atoms with Crippen molar-refractivity contribution in [1.82, 2.24) is 0 Å². The van der Waals surface area contributed by atoms with Crippen LogP contribution in [0.5, 0.6) is 0 Å². The zero-order valence-corrected chi connectivity index (χ0v) is 13.6. The van der Waals surface area contributed by atoms with Crippen molar-refractivity contribution in [1.29, 1.82) is 0 Å². The Balaban J connectivity index is 0.00000264. The lowest BCUT2D eigenvalue weighted by molar-refractivity contribution is -0.124. The Kier molecular flexibility index (Phi) is 7.15. The average molecular weight is 353 g/mol. The molecule has 0 aliphatic heterocycles. The maximum atomic E-state index is 12.3. The molecule has 0 spiro atoms. The van der Waals surface area contributed by atoms with Crippen molar-refractivity contribution < 1.29 is 17.8 Å². The first kappa shape index (κ1) is 22.1. The highest BCUT2D eigenvalue weighted by Gasteiger charge is 2.26. The van der Waals surface area contributed by atoms with E-state index in [1.807, 2.05) is 20.8 Å². The molecule has 134 valence electrons. The first-order valence-corrected chi connectivity index (χ1v) is 8.41. The molecular formula is C18H27NO4S. The highest BCUT2D eigenvalue weighted by atomic mass is 32.2. The van der Waals surface area contributed by atoms with Gasteiger partial charge in [-0.05, 0) is 23.9 Å². The van der Waals surface area contributed by atoms with E-state index in [4.69, 9.17) is 0 Å². The van der Waals surface area contributed by atoms with Crippen molar-refractivity contribution in [3.63, 3.8) is 0 Å². The average Bonchev–Trinajstić information content (AvgIpc) is 2.45. The number of benzene rings is 2. The van der Waals surface area contributed by atoms with Gasteiger partial charge in [0.1, 0.15) is 4.90 Å². The van der Waals surface area contributed by atoms with Crippen LogP contribution >= 0.6 is 0 Å². The molecule has 2 aromatic carbocycles. The van der Waals surface area contributed by atoms with Crippen molar-refractivity contribution in [3.05, 3.63) is 36.4 Å². The third-order valence-electron chi connectivity index (χ3n) is 3.89. The van der Waals surface area contributed by atoms with Crippen molar-refractivity contribution >= 4 is 32.5 Å². The van der Waals surface area contributed by atoms with Gasteiger partial charge in [-0.1, -0.05) is 59.9 Å². The quantitative estimate of drug-likeness (QED) is 0.778. The van der Waals surface area contributed by atoms with Gasteiger partial charge >= 0.3 is 0 Å². The minimum absolute atomic E-state index is 0. The van der Waals surface area contributed by atoms with E-state index in [0.717, 1.165) is 0 Å². The van der Waals surface area contributed by atoms with Crippen LogP contribution in [0.2, 0.25) is 0 Å². The van der Waals surface area contributed by atoms with Gasteiger partial charge in [-0.2, -0.15) is 8.42 Å². The van der Waals surface area contributed by atoms with E-state index in [1.165, 1.54) is 6.07 Å². The molecule has 0 heterocycles. The summed E-state index contributed by atoms with van der Waals surface area (Å²) in [4.78, 5) is 12.1. The summed E-state index contributed by atoms with van der Waals surface area (Å²) in [5.74, 6) is -0.201. The number of carbonyl (C=O) groups excluding carboxylic acids is 1. The van der Waals surface area contributed by atoms with E-state index in [2.05, 4.69) is 5.32 Å². The molecule has 0 atom stereocenters. The van der Waals surface area contributed by atoms with Crippen LogP contribution in [0, 0.1) is 5.41 Å². The zero-order valence-electron chi connectivity index (χ0n) is 12.8. The fourth-order valence-electron chi connectivity index (χ4n) is 2.08.